The molecule has 0 aliphatic carbocycles. The third-order valence-corrected chi connectivity index (χ3v) is 2.22. The first-order chi connectivity index (χ1) is 5.99. The number of hydrogen-bond acceptors (Lipinski definition) is 2. The summed E-state index contributed by atoms with van der Waals surface area (Å²) in [5, 5.41) is 0. The first kappa shape index (κ1) is 12.2. The molecule has 0 aromatic carbocycles. The fourth-order valence-corrected chi connectivity index (χ4v) is 0.832. The summed E-state index contributed by atoms with van der Waals surface area (Å²) in [5.74, 6) is -0.0165. The molecule has 76 valence electrons. The molecule has 0 rings (SSSR count). The van der Waals surface area contributed by atoms with E-state index in [0.717, 1.165) is 13.1 Å². The third-order valence-electron chi connectivity index (χ3n) is 2.22. The highest BCUT2D eigenvalue weighted by molar-refractivity contribution is 5.86. The zero-order valence-electron chi connectivity index (χ0n) is 9.08. The van der Waals surface area contributed by atoms with E-state index < -0.39 is 0 Å². The average Bonchev–Trinajstić information content (AvgIpc) is 2.11. The molecule has 0 bridgehead atoms. The van der Waals surface area contributed by atoms with Crippen molar-refractivity contribution in [2.24, 2.45) is 0 Å². The highest BCUT2D eigenvalue weighted by atomic mass is 16.2. The lowest BCUT2D eigenvalue weighted by atomic mass is 10.3. The first-order valence-electron chi connectivity index (χ1n) is 4.56. The number of nitrogens with zero attached hydrogens (tertiary/aromatic N) is 2. The Balaban J connectivity index is 3.75. The van der Waals surface area contributed by atoms with E-state index >= 15 is 0 Å². The largest absolute Gasteiger partial charge is 0.341 e. The lowest BCUT2D eigenvalue weighted by Gasteiger charge is -2.24. The van der Waals surface area contributed by atoms with Gasteiger partial charge in [-0.1, -0.05) is 6.58 Å². The third kappa shape index (κ3) is 4.68. The fourth-order valence-electron chi connectivity index (χ4n) is 0.832. The molecule has 0 aliphatic rings. The minimum absolute atomic E-state index is 0.0165. The summed E-state index contributed by atoms with van der Waals surface area (Å²) < 4.78 is 0. The highest BCUT2D eigenvalue weighted by Crippen LogP contribution is 1.94. The van der Waals surface area contributed by atoms with E-state index in [2.05, 4.69) is 32.4 Å². The van der Waals surface area contributed by atoms with Crippen molar-refractivity contribution in [2.75, 3.05) is 27.2 Å². The number of carbonyl (C=O) groups excluding carboxylic acids is 1. The first-order valence-corrected chi connectivity index (χ1v) is 4.56. The van der Waals surface area contributed by atoms with E-state index in [9.17, 15) is 4.79 Å². The Morgan fingerprint density at radius 1 is 1.38 bits per heavy atom. The highest BCUT2D eigenvalue weighted by Gasteiger charge is 2.07. The number of hydrogen-bond donors (Lipinski definition) is 0. The van der Waals surface area contributed by atoms with E-state index in [4.69, 9.17) is 0 Å². The molecule has 1 amide bonds. The average molecular weight is 184 g/mol. The van der Waals surface area contributed by atoms with Crippen LogP contribution < -0.4 is 0 Å². The number of amides is 1. The minimum Gasteiger partial charge on any atom is -0.341 e. The van der Waals surface area contributed by atoms with Gasteiger partial charge in [0.1, 0.15) is 0 Å². The van der Waals surface area contributed by atoms with Gasteiger partial charge in [-0.25, -0.2) is 0 Å². The van der Waals surface area contributed by atoms with Gasteiger partial charge in [-0.2, -0.15) is 0 Å². The van der Waals surface area contributed by atoms with Gasteiger partial charge in [0.2, 0.25) is 5.91 Å². The molecule has 0 aromatic rings. The molecule has 13 heavy (non-hydrogen) atoms. The van der Waals surface area contributed by atoms with E-state index in [-0.39, 0.29) is 5.91 Å². The summed E-state index contributed by atoms with van der Waals surface area (Å²) in [5.41, 5.74) is 0. The summed E-state index contributed by atoms with van der Waals surface area (Å²) in [6.45, 7) is 9.35. The molecule has 0 spiro atoms. The van der Waals surface area contributed by atoms with Crippen LogP contribution in [-0.4, -0.2) is 48.9 Å². The van der Waals surface area contributed by atoms with Gasteiger partial charge in [-0.05, 0) is 27.0 Å². The van der Waals surface area contributed by atoms with Crippen molar-refractivity contribution in [2.45, 2.75) is 19.9 Å². The molecule has 0 N–H and O–H groups in total. The Morgan fingerprint density at radius 3 is 2.31 bits per heavy atom. The van der Waals surface area contributed by atoms with E-state index in [1.54, 1.807) is 11.9 Å². The molecular formula is C10H20N2O. The van der Waals surface area contributed by atoms with Crippen molar-refractivity contribution in [1.82, 2.24) is 9.80 Å². The molecule has 3 nitrogen and oxygen atoms in total. The summed E-state index contributed by atoms with van der Waals surface area (Å²) in [6.07, 6.45) is 1.34. The molecule has 0 saturated carbocycles. The molecule has 0 aromatic heterocycles. The second kappa shape index (κ2) is 5.75. The van der Waals surface area contributed by atoms with Gasteiger partial charge >= 0.3 is 0 Å². The van der Waals surface area contributed by atoms with Crippen molar-refractivity contribution in [1.29, 1.82) is 0 Å². The van der Waals surface area contributed by atoms with Crippen LogP contribution in [0, 0.1) is 0 Å². The Labute approximate surface area is 81.0 Å². The van der Waals surface area contributed by atoms with Gasteiger partial charge in [0.05, 0.1) is 0 Å². The second-order valence-electron chi connectivity index (χ2n) is 3.54. The number of likely N-dealkylation sites (N-methyl/N-ethyl adjacent to an activating group) is 2. The van der Waals surface area contributed by atoms with Crippen LogP contribution in [0.15, 0.2) is 12.7 Å². The van der Waals surface area contributed by atoms with Crippen molar-refractivity contribution in [3.05, 3.63) is 12.7 Å². The molecule has 0 saturated heterocycles. The van der Waals surface area contributed by atoms with Gasteiger partial charge in [0, 0.05) is 26.2 Å². The number of rotatable bonds is 5. The van der Waals surface area contributed by atoms with Crippen LogP contribution in [-0.2, 0) is 4.79 Å². The van der Waals surface area contributed by atoms with Crippen LogP contribution in [0.5, 0.6) is 0 Å². The molecule has 0 aliphatic heterocycles. The monoisotopic (exact) mass is 184 g/mol. The van der Waals surface area contributed by atoms with Crippen LogP contribution in [0.1, 0.15) is 13.8 Å². The molecule has 0 atom stereocenters. The normalized spacial score (nSPS) is 10.6. The maximum Gasteiger partial charge on any atom is 0.245 e. The van der Waals surface area contributed by atoms with Crippen LogP contribution in [0.2, 0.25) is 0 Å². The van der Waals surface area contributed by atoms with Crippen molar-refractivity contribution in [3.63, 3.8) is 0 Å². The summed E-state index contributed by atoms with van der Waals surface area (Å²) in [7, 11) is 3.84. The predicted octanol–water partition coefficient (Wildman–Crippen LogP) is 0.971. The molecular weight excluding hydrogens is 164 g/mol. The standard InChI is InChI=1S/C10H20N2O/c1-6-10(13)12(5)8-7-11(4)9(2)3/h6,9H,1,7-8H2,2-5H3. The summed E-state index contributed by atoms with van der Waals surface area (Å²) >= 11 is 0. The Morgan fingerprint density at radius 2 is 1.92 bits per heavy atom. The quantitative estimate of drug-likeness (QED) is 0.594. The molecule has 3 heteroatoms. The lowest BCUT2D eigenvalue weighted by molar-refractivity contribution is -0.124. The summed E-state index contributed by atoms with van der Waals surface area (Å²) in [4.78, 5) is 15.0. The molecule has 0 radical (unpaired) electrons. The lowest BCUT2D eigenvalue weighted by Crippen LogP contribution is -2.36. The van der Waals surface area contributed by atoms with Crippen LogP contribution >= 0.6 is 0 Å². The van der Waals surface area contributed by atoms with Crippen molar-refractivity contribution < 1.29 is 4.79 Å². The fraction of sp³-hybridized carbons (Fsp3) is 0.700. The zero-order valence-corrected chi connectivity index (χ0v) is 9.08. The smallest absolute Gasteiger partial charge is 0.245 e. The maximum absolute atomic E-state index is 11.1. The Hall–Kier alpha value is -0.830. The Bertz CT molecular complexity index is 178. The second-order valence-corrected chi connectivity index (χ2v) is 3.54. The molecule has 0 fully saturated rings. The van der Waals surface area contributed by atoms with E-state index in [1.165, 1.54) is 6.08 Å². The SMILES string of the molecule is C=CC(=O)N(C)CCN(C)C(C)C. The van der Waals surface area contributed by atoms with Crippen molar-refractivity contribution in [3.8, 4) is 0 Å². The van der Waals surface area contributed by atoms with Gasteiger partial charge in [0.15, 0.2) is 0 Å². The topological polar surface area (TPSA) is 23.6 Å². The zero-order chi connectivity index (χ0) is 10.4. The van der Waals surface area contributed by atoms with Crippen LogP contribution in [0.3, 0.4) is 0 Å². The van der Waals surface area contributed by atoms with Crippen LogP contribution in [0.25, 0.3) is 0 Å². The van der Waals surface area contributed by atoms with Gasteiger partial charge < -0.3 is 9.80 Å². The van der Waals surface area contributed by atoms with Gasteiger partial charge in [-0.15, -0.1) is 0 Å². The minimum atomic E-state index is -0.0165. The molecule has 0 heterocycles. The van der Waals surface area contributed by atoms with Gasteiger partial charge in [-0.3, -0.25) is 4.79 Å². The maximum atomic E-state index is 11.1. The van der Waals surface area contributed by atoms with Gasteiger partial charge in [0.25, 0.3) is 0 Å². The van der Waals surface area contributed by atoms with E-state index in [1.807, 2.05) is 0 Å². The van der Waals surface area contributed by atoms with E-state index in [0.29, 0.717) is 6.04 Å². The molecule has 0 unspecified atom stereocenters. The predicted molar refractivity (Wildman–Crippen MR) is 55.6 cm³/mol. The number of carbonyl (C=O) groups is 1. The van der Waals surface area contributed by atoms with Crippen molar-refractivity contribution >= 4 is 5.91 Å². The summed E-state index contributed by atoms with van der Waals surface area (Å²) in [6, 6.07) is 0.521. The Kier molecular flexibility index (Phi) is 5.39. The van der Waals surface area contributed by atoms with Crippen LogP contribution in [0.4, 0.5) is 0 Å².